The van der Waals surface area contributed by atoms with E-state index in [4.69, 9.17) is 10.7 Å². The van der Waals surface area contributed by atoms with Gasteiger partial charge in [-0.25, -0.2) is 9.97 Å². The van der Waals surface area contributed by atoms with Gasteiger partial charge in [0.2, 0.25) is 0 Å². The summed E-state index contributed by atoms with van der Waals surface area (Å²) in [5.41, 5.74) is 7.06. The van der Waals surface area contributed by atoms with Crippen LogP contribution in [0.15, 0.2) is 0 Å². The van der Waals surface area contributed by atoms with Crippen molar-refractivity contribution >= 4 is 11.6 Å². The van der Waals surface area contributed by atoms with Gasteiger partial charge in [0.1, 0.15) is 17.5 Å². The number of hydrogen-bond acceptors (Lipinski definition) is 4. The fraction of sp³-hybridized carbons (Fsp3) is 0.714. The number of piperidine rings is 1. The van der Waals surface area contributed by atoms with E-state index in [-0.39, 0.29) is 0 Å². The second-order valence-electron chi connectivity index (χ2n) is 5.61. The molecule has 0 saturated carbocycles. The van der Waals surface area contributed by atoms with Crippen LogP contribution in [0.5, 0.6) is 0 Å². The molecule has 2 heterocycles. The lowest BCUT2D eigenvalue weighted by Gasteiger charge is -2.35. The molecule has 1 saturated heterocycles. The highest BCUT2D eigenvalue weighted by molar-refractivity contribution is 5.57. The minimum atomic E-state index is 0.312. The van der Waals surface area contributed by atoms with E-state index in [0.717, 1.165) is 23.8 Å². The Morgan fingerprint density at radius 3 is 2.61 bits per heavy atom. The molecule has 0 bridgehead atoms. The van der Waals surface area contributed by atoms with Crippen molar-refractivity contribution in [1.82, 2.24) is 9.97 Å². The van der Waals surface area contributed by atoms with Gasteiger partial charge in [-0.05, 0) is 33.1 Å². The van der Waals surface area contributed by atoms with Crippen LogP contribution in [0.3, 0.4) is 0 Å². The van der Waals surface area contributed by atoms with Gasteiger partial charge in [0.05, 0.1) is 0 Å². The van der Waals surface area contributed by atoms with Crippen molar-refractivity contribution < 1.29 is 0 Å². The highest BCUT2D eigenvalue weighted by Crippen LogP contribution is 2.29. The number of rotatable bonds is 2. The van der Waals surface area contributed by atoms with Crippen LogP contribution in [0, 0.1) is 6.92 Å². The van der Waals surface area contributed by atoms with Crippen LogP contribution in [-0.2, 0) is 0 Å². The number of hydrogen-bond donors (Lipinski definition) is 1. The van der Waals surface area contributed by atoms with Crippen molar-refractivity contribution in [1.29, 1.82) is 0 Å². The van der Waals surface area contributed by atoms with E-state index < -0.39 is 0 Å². The highest BCUT2D eigenvalue weighted by atomic mass is 15.2. The largest absolute Gasteiger partial charge is 0.383 e. The molecule has 1 atom stereocenters. The third-order valence-electron chi connectivity index (χ3n) is 3.77. The molecule has 18 heavy (non-hydrogen) atoms. The van der Waals surface area contributed by atoms with Gasteiger partial charge >= 0.3 is 0 Å². The van der Waals surface area contributed by atoms with Crippen LogP contribution < -0.4 is 10.6 Å². The molecule has 0 spiro atoms. The highest BCUT2D eigenvalue weighted by Gasteiger charge is 2.23. The van der Waals surface area contributed by atoms with Crippen LogP contribution in [0.4, 0.5) is 11.6 Å². The Kier molecular flexibility index (Phi) is 3.73. The summed E-state index contributed by atoms with van der Waals surface area (Å²) < 4.78 is 0. The zero-order valence-electron chi connectivity index (χ0n) is 11.9. The number of nitrogen functional groups attached to an aromatic ring is 1. The van der Waals surface area contributed by atoms with E-state index in [1.54, 1.807) is 0 Å². The second-order valence-corrected chi connectivity index (χ2v) is 5.61. The molecule has 0 amide bonds. The van der Waals surface area contributed by atoms with Crippen LogP contribution in [0.25, 0.3) is 0 Å². The summed E-state index contributed by atoms with van der Waals surface area (Å²) in [7, 11) is 0. The summed E-state index contributed by atoms with van der Waals surface area (Å²) in [6, 6.07) is 0.548. The van der Waals surface area contributed by atoms with Gasteiger partial charge in [-0.15, -0.1) is 0 Å². The first-order chi connectivity index (χ1) is 8.50. The van der Waals surface area contributed by atoms with E-state index in [9.17, 15) is 0 Å². The van der Waals surface area contributed by atoms with Gasteiger partial charge in [-0.1, -0.05) is 13.8 Å². The first kappa shape index (κ1) is 13.1. The Bertz CT molecular complexity index is 428. The summed E-state index contributed by atoms with van der Waals surface area (Å²) in [4.78, 5) is 11.5. The quantitative estimate of drug-likeness (QED) is 0.874. The normalized spacial score (nSPS) is 20.5. The third kappa shape index (κ3) is 2.42. The smallest absolute Gasteiger partial charge is 0.137 e. The summed E-state index contributed by atoms with van der Waals surface area (Å²) >= 11 is 0. The predicted octanol–water partition coefficient (Wildman–Crippen LogP) is 2.87. The van der Waals surface area contributed by atoms with Crippen LogP contribution in [0.1, 0.15) is 57.3 Å². The van der Waals surface area contributed by atoms with Crippen molar-refractivity contribution in [3.05, 3.63) is 11.4 Å². The first-order valence-electron chi connectivity index (χ1n) is 6.91. The standard InChI is InChI=1S/C14H24N4/c1-9(2)13-16-12(15)11(4)14(17-13)18-8-6-5-7-10(18)3/h9-10H,5-8H2,1-4H3,(H2,15,16,17). The first-order valence-corrected chi connectivity index (χ1v) is 6.91. The van der Waals surface area contributed by atoms with E-state index in [2.05, 4.69) is 30.7 Å². The van der Waals surface area contributed by atoms with Crippen molar-refractivity contribution in [3.8, 4) is 0 Å². The molecule has 4 heteroatoms. The molecule has 100 valence electrons. The van der Waals surface area contributed by atoms with Crippen molar-refractivity contribution in [3.63, 3.8) is 0 Å². The van der Waals surface area contributed by atoms with Crippen molar-refractivity contribution in [2.75, 3.05) is 17.2 Å². The average Bonchev–Trinajstić information content (AvgIpc) is 2.33. The molecule has 2 rings (SSSR count). The van der Waals surface area contributed by atoms with Gasteiger partial charge in [-0.3, -0.25) is 0 Å². The maximum Gasteiger partial charge on any atom is 0.137 e. The van der Waals surface area contributed by atoms with Gasteiger partial charge in [0.15, 0.2) is 0 Å². The Labute approximate surface area is 110 Å². The van der Waals surface area contributed by atoms with Gasteiger partial charge in [0, 0.05) is 24.1 Å². The van der Waals surface area contributed by atoms with E-state index >= 15 is 0 Å². The summed E-state index contributed by atoms with van der Waals surface area (Å²) in [5.74, 6) is 2.83. The summed E-state index contributed by atoms with van der Waals surface area (Å²) in [6.45, 7) is 9.58. The van der Waals surface area contributed by atoms with Crippen molar-refractivity contribution in [2.45, 2.75) is 58.9 Å². The van der Waals surface area contributed by atoms with E-state index in [1.807, 2.05) is 6.92 Å². The Morgan fingerprint density at radius 2 is 2.00 bits per heavy atom. The fourth-order valence-corrected chi connectivity index (χ4v) is 2.49. The minimum absolute atomic E-state index is 0.312. The number of nitrogens with zero attached hydrogens (tertiary/aromatic N) is 3. The Hall–Kier alpha value is -1.32. The minimum Gasteiger partial charge on any atom is -0.383 e. The molecular formula is C14H24N4. The molecule has 1 fully saturated rings. The van der Waals surface area contributed by atoms with Crippen LogP contribution in [-0.4, -0.2) is 22.6 Å². The molecular weight excluding hydrogens is 224 g/mol. The van der Waals surface area contributed by atoms with Crippen LogP contribution >= 0.6 is 0 Å². The molecule has 0 aliphatic carbocycles. The zero-order chi connectivity index (χ0) is 13.3. The molecule has 1 aliphatic heterocycles. The van der Waals surface area contributed by atoms with Gasteiger partial charge in [-0.2, -0.15) is 0 Å². The van der Waals surface area contributed by atoms with E-state index in [1.165, 1.54) is 19.3 Å². The molecule has 2 N–H and O–H groups in total. The maximum absolute atomic E-state index is 6.03. The van der Waals surface area contributed by atoms with Crippen molar-refractivity contribution in [2.24, 2.45) is 0 Å². The fourth-order valence-electron chi connectivity index (χ4n) is 2.49. The summed E-state index contributed by atoms with van der Waals surface area (Å²) in [5, 5.41) is 0. The SMILES string of the molecule is Cc1c(N)nc(C(C)C)nc1N1CCCCC1C. The van der Waals surface area contributed by atoms with E-state index in [0.29, 0.717) is 17.8 Å². The molecule has 1 unspecified atom stereocenters. The maximum atomic E-state index is 6.03. The predicted molar refractivity (Wildman–Crippen MR) is 75.9 cm³/mol. The lowest BCUT2D eigenvalue weighted by atomic mass is 10.0. The third-order valence-corrected chi connectivity index (χ3v) is 3.77. The molecule has 1 aromatic heterocycles. The second kappa shape index (κ2) is 5.12. The molecule has 0 aromatic carbocycles. The van der Waals surface area contributed by atoms with Gasteiger partial charge < -0.3 is 10.6 Å². The lowest BCUT2D eigenvalue weighted by Crippen LogP contribution is -2.38. The number of anilines is 2. The van der Waals surface area contributed by atoms with Crippen LogP contribution in [0.2, 0.25) is 0 Å². The topological polar surface area (TPSA) is 55.0 Å². The summed E-state index contributed by atoms with van der Waals surface area (Å²) in [6.07, 6.45) is 3.79. The number of aromatic nitrogens is 2. The Balaban J connectivity index is 2.41. The van der Waals surface area contributed by atoms with Gasteiger partial charge in [0.25, 0.3) is 0 Å². The molecule has 1 aliphatic rings. The molecule has 1 aromatic rings. The zero-order valence-corrected chi connectivity index (χ0v) is 11.9. The monoisotopic (exact) mass is 248 g/mol. The molecule has 4 nitrogen and oxygen atoms in total. The average molecular weight is 248 g/mol. The Morgan fingerprint density at radius 1 is 1.28 bits per heavy atom. The molecule has 0 radical (unpaired) electrons. The number of nitrogens with two attached hydrogens (primary N) is 1. The lowest BCUT2D eigenvalue weighted by molar-refractivity contribution is 0.479.